The fraction of sp³-hybridized carbons (Fsp3) is 0.167. The molecule has 4 heteroatoms. The molecule has 0 aliphatic carbocycles. The zero-order valence-electron chi connectivity index (χ0n) is 9.15. The van der Waals surface area contributed by atoms with Crippen LogP contribution < -0.4 is 10.3 Å². The highest BCUT2D eigenvalue weighted by Crippen LogP contribution is 2.24. The second kappa shape index (κ2) is 4.18. The standard InChI is InChI=1S/C12H12N2O2/c1-8-3-4-9(7-11(8)16-2)10-5-6-12(15)14-13-10/h3-7H,1-2H3,(H,14,15). The number of methoxy groups -OCH3 is 1. The van der Waals surface area contributed by atoms with Gasteiger partial charge < -0.3 is 4.74 Å². The Hall–Kier alpha value is -2.10. The van der Waals surface area contributed by atoms with Crippen LogP contribution in [-0.2, 0) is 0 Å². The molecule has 0 unspecified atom stereocenters. The molecule has 0 atom stereocenters. The van der Waals surface area contributed by atoms with E-state index in [4.69, 9.17) is 4.74 Å². The van der Waals surface area contributed by atoms with Gasteiger partial charge in [-0.25, -0.2) is 5.10 Å². The van der Waals surface area contributed by atoms with E-state index in [0.717, 1.165) is 22.6 Å². The number of ether oxygens (including phenoxy) is 1. The summed E-state index contributed by atoms with van der Waals surface area (Å²) in [4.78, 5) is 10.9. The van der Waals surface area contributed by atoms with Crippen LogP contribution in [0.3, 0.4) is 0 Å². The summed E-state index contributed by atoms with van der Waals surface area (Å²) in [7, 11) is 1.63. The van der Waals surface area contributed by atoms with Crippen molar-refractivity contribution in [2.45, 2.75) is 6.92 Å². The van der Waals surface area contributed by atoms with Gasteiger partial charge in [-0.1, -0.05) is 12.1 Å². The van der Waals surface area contributed by atoms with Crippen molar-refractivity contribution in [2.24, 2.45) is 0 Å². The summed E-state index contributed by atoms with van der Waals surface area (Å²) in [5.74, 6) is 0.811. The number of nitrogens with one attached hydrogen (secondary N) is 1. The molecule has 1 heterocycles. The number of nitrogens with zero attached hydrogens (tertiary/aromatic N) is 1. The van der Waals surface area contributed by atoms with Gasteiger partial charge in [-0.2, -0.15) is 5.10 Å². The average molecular weight is 216 g/mol. The first-order chi connectivity index (χ1) is 7.70. The van der Waals surface area contributed by atoms with Crippen molar-refractivity contribution in [3.05, 3.63) is 46.2 Å². The number of aromatic nitrogens is 2. The molecule has 1 aromatic heterocycles. The van der Waals surface area contributed by atoms with E-state index in [0.29, 0.717) is 0 Å². The van der Waals surface area contributed by atoms with Crippen LogP contribution in [0.5, 0.6) is 5.75 Å². The van der Waals surface area contributed by atoms with Crippen LogP contribution in [0.25, 0.3) is 11.3 Å². The molecule has 1 N–H and O–H groups in total. The van der Waals surface area contributed by atoms with E-state index >= 15 is 0 Å². The van der Waals surface area contributed by atoms with Crippen LogP contribution in [0, 0.1) is 6.92 Å². The van der Waals surface area contributed by atoms with E-state index in [2.05, 4.69) is 10.2 Å². The Kier molecular flexibility index (Phi) is 2.72. The fourth-order valence-electron chi connectivity index (χ4n) is 1.48. The lowest BCUT2D eigenvalue weighted by Gasteiger charge is -2.06. The molecule has 4 nitrogen and oxygen atoms in total. The van der Waals surface area contributed by atoms with Gasteiger partial charge in [0.25, 0.3) is 5.56 Å². The summed E-state index contributed by atoms with van der Waals surface area (Å²) >= 11 is 0. The maximum absolute atomic E-state index is 10.9. The predicted octanol–water partition coefficient (Wildman–Crippen LogP) is 1.75. The largest absolute Gasteiger partial charge is 0.496 e. The molecule has 0 fully saturated rings. The van der Waals surface area contributed by atoms with Crippen LogP contribution in [0.4, 0.5) is 0 Å². The number of H-pyrrole nitrogens is 1. The highest BCUT2D eigenvalue weighted by atomic mass is 16.5. The Morgan fingerprint density at radius 2 is 2.06 bits per heavy atom. The summed E-state index contributed by atoms with van der Waals surface area (Å²) < 4.78 is 5.23. The van der Waals surface area contributed by atoms with Crippen LogP contribution in [-0.4, -0.2) is 17.3 Å². The number of aryl methyl sites for hydroxylation is 1. The minimum atomic E-state index is -0.206. The van der Waals surface area contributed by atoms with Crippen LogP contribution >= 0.6 is 0 Å². The summed E-state index contributed by atoms with van der Waals surface area (Å²) in [5.41, 5.74) is 2.50. The molecule has 0 radical (unpaired) electrons. The molecule has 0 aliphatic heterocycles. The maximum atomic E-state index is 10.9. The zero-order chi connectivity index (χ0) is 11.5. The SMILES string of the molecule is COc1cc(-c2ccc(=O)[nH]n2)ccc1C. The second-order valence-electron chi connectivity index (χ2n) is 3.49. The van der Waals surface area contributed by atoms with Crippen LogP contribution in [0.2, 0.25) is 0 Å². The third kappa shape index (κ3) is 1.95. The van der Waals surface area contributed by atoms with E-state index in [-0.39, 0.29) is 5.56 Å². The van der Waals surface area contributed by atoms with Gasteiger partial charge in [0.1, 0.15) is 5.75 Å². The molecule has 0 bridgehead atoms. The summed E-state index contributed by atoms with van der Waals surface area (Å²) in [6.07, 6.45) is 0. The Morgan fingerprint density at radius 1 is 1.25 bits per heavy atom. The number of benzene rings is 1. The zero-order valence-corrected chi connectivity index (χ0v) is 9.15. The Balaban J connectivity index is 2.48. The number of hydrogen-bond donors (Lipinski definition) is 1. The van der Waals surface area contributed by atoms with Gasteiger partial charge in [0.15, 0.2) is 0 Å². The molecular formula is C12H12N2O2. The summed E-state index contributed by atoms with van der Waals surface area (Å²) in [5, 5.41) is 6.36. The lowest BCUT2D eigenvalue weighted by Crippen LogP contribution is -2.05. The number of hydrogen-bond acceptors (Lipinski definition) is 3. The van der Waals surface area contributed by atoms with Crippen molar-refractivity contribution in [3.63, 3.8) is 0 Å². The monoisotopic (exact) mass is 216 g/mol. The van der Waals surface area contributed by atoms with E-state index in [1.807, 2.05) is 25.1 Å². The van der Waals surface area contributed by atoms with E-state index < -0.39 is 0 Å². The lowest BCUT2D eigenvalue weighted by molar-refractivity contribution is 0.412. The molecule has 2 aromatic rings. The van der Waals surface area contributed by atoms with Crippen molar-refractivity contribution >= 4 is 0 Å². The third-order valence-electron chi connectivity index (χ3n) is 2.38. The van der Waals surface area contributed by atoms with Crippen LogP contribution in [0.1, 0.15) is 5.56 Å². The minimum Gasteiger partial charge on any atom is -0.496 e. The van der Waals surface area contributed by atoms with Gasteiger partial charge in [-0.05, 0) is 24.6 Å². The second-order valence-corrected chi connectivity index (χ2v) is 3.49. The summed E-state index contributed by atoms with van der Waals surface area (Å²) in [6, 6.07) is 8.94. The van der Waals surface area contributed by atoms with Gasteiger partial charge in [-0.3, -0.25) is 4.79 Å². The van der Waals surface area contributed by atoms with E-state index in [1.165, 1.54) is 6.07 Å². The molecule has 0 amide bonds. The lowest BCUT2D eigenvalue weighted by atomic mass is 10.1. The van der Waals surface area contributed by atoms with Gasteiger partial charge in [0, 0.05) is 11.6 Å². The molecule has 0 aliphatic rings. The van der Waals surface area contributed by atoms with Gasteiger partial charge in [0.2, 0.25) is 0 Å². The molecule has 16 heavy (non-hydrogen) atoms. The van der Waals surface area contributed by atoms with Crippen molar-refractivity contribution in [3.8, 4) is 17.0 Å². The van der Waals surface area contributed by atoms with E-state index in [1.54, 1.807) is 13.2 Å². The number of rotatable bonds is 2. The maximum Gasteiger partial charge on any atom is 0.264 e. The molecule has 2 rings (SSSR count). The quantitative estimate of drug-likeness (QED) is 0.832. The molecule has 0 saturated heterocycles. The van der Waals surface area contributed by atoms with Crippen LogP contribution in [0.15, 0.2) is 35.1 Å². The van der Waals surface area contributed by atoms with E-state index in [9.17, 15) is 4.79 Å². The Labute approximate surface area is 92.9 Å². The Bertz CT molecular complexity index is 541. The highest BCUT2D eigenvalue weighted by Gasteiger charge is 2.03. The highest BCUT2D eigenvalue weighted by molar-refractivity contribution is 5.61. The molecular weight excluding hydrogens is 204 g/mol. The van der Waals surface area contributed by atoms with Gasteiger partial charge in [0.05, 0.1) is 12.8 Å². The van der Waals surface area contributed by atoms with Crippen molar-refractivity contribution in [2.75, 3.05) is 7.11 Å². The van der Waals surface area contributed by atoms with Gasteiger partial charge in [-0.15, -0.1) is 0 Å². The van der Waals surface area contributed by atoms with Crippen molar-refractivity contribution in [1.82, 2.24) is 10.2 Å². The Morgan fingerprint density at radius 3 is 2.69 bits per heavy atom. The van der Waals surface area contributed by atoms with Gasteiger partial charge >= 0.3 is 0 Å². The molecule has 0 saturated carbocycles. The smallest absolute Gasteiger partial charge is 0.264 e. The average Bonchev–Trinajstić information content (AvgIpc) is 2.31. The first kappa shape index (κ1) is 10.4. The third-order valence-corrected chi connectivity index (χ3v) is 2.38. The predicted molar refractivity (Wildman–Crippen MR) is 61.6 cm³/mol. The minimum absolute atomic E-state index is 0.206. The van der Waals surface area contributed by atoms with Crippen molar-refractivity contribution in [1.29, 1.82) is 0 Å². The normalized spacial score (nSPS) is 10.1. The fourth-order valence-corrected chi connectivity index (χ4v) is 1.48. The van der Waals surface area contributed by atoms with Crippen molar-refractivity contribution < 1.29 is 4.74 Å². The molecule has 0 spiro atoms. The number of aromatic amines is 1. The first-order valence-electron chi connectivity index (χ1n) is 4.91. The molecule has 1 aromatic carbocycles. The molecule has 82 valence electrons. The first-order valence-corrected chi connectivity index (χ1v) is 4.91. The topological polar surface area (TPSA) is 55.0 Å². The summed E-state index contributed by atoms with van der Waals surface area (Å²) in [6.45, 7) is 1.98.